The highest BCUT2D eigenvalue weighted by Crippen LogP contribution is 2.40. The van der Waals surface area contributed by atoms with E-state index in [-0.39, 0.29) is 72.6 Å². The Labute approximate surface area is 360 Å². The Bertz CT molecular complexity index is 2700. The molecule has 63 heavy (non-hydrogen) atoms. The van der Waals surface area contributed by atoms with Gasteiger partial charge < -0.3 is 23.7 Å². The Morgan fingerprint density at radius 3 is 2.63 bits per heavy atom. The average Bonchev–Trinajstić information content (AvgIpc) is 4.13. The summed E-state index contributed by atoms with van der Waals surface area (Å²) in [6.07, 6.45) is 6.82. The molecule has 2 bridgehead atoms. The molecule has 1 saturated carbocycles. The molecule has 4 aromatic heterocycles. The molecule has 1 aromatic carbocycles. The Morgan fingerprint density at radius 2 is 1.89 bits per heavy atom. The number of imide groups is 1. The molecular weight excluding hydrogens is 819 g/mol. The van der Waals surface area contributed by atoms with Crippen molar-refractivity contribution in [3.8, 4) is 11.8 Å². The van der Waals surface area contributed by atoms with Gasteiger partial charge in [0.1, 0.15) is 24.0 Å². The summed E-state index contributed by atoms with van der Waals surface area (Å²) in [6, 6.07) is 6.74. The summed E-state index contributed by atoms with van der Waals surface area (Å²) in [6.45, 7) is 4.32. The Morgan fingerprint density at radius 1 is 1.06 bits per heavy atom. The highest BCUT2D eigenvalue weighted by atomic mass is 19.3. The van der Waals surface area contributed by atoms with Crippen molar-refractivity contribution in [2.75, 3.05) is 49.6 Å². The van der Waals surface area contributed by atoms with Crippen LogP contribution >= 0.6 is 0 Å². The number of likely N-dealkylation sites (tertiary alicyclic amines) is 1. The van der Waals surface area contributed by atoms with Crippen molar-refractivity contribution in [2.24, 2.45) is 13.0 Å². The van der Waals surface area contributed by atoms with Crippen LogP contribution in [-0.2, 0) is 26.1 Å². The van der Waals surface area contributed by atoms with Gasteiger partial charge in [0.2, 0.25) is 17.7 Å². The number of ether oxygens (including phenoxy) is 2. The number of para-hydroxylation sites is 1. The third-order valence-electron chi connectivity index (χ3n) is 13.4. The minimum Gasteiger partial charge on any atom is -0.424 e. The number of anilines is 2. The summed E-state index contributed by atoms with van der Waals surface area (Å²) in [5.74, 6) is 5.71. The Balaban J connectivity index is 0.700. The Kier molecular flexibility index (Phi) is 11.1. The molecule has 3 amide bonds. The monoisotopic (exact) mass is 866 g/mol. The fourth-order valence-electron chi connectivity index (χ4n) is 10.1. The number of aryl methyl sites for hydroxylation is 1. The zero-order chi connectivity index (χ0) is 43.4. The van der Waals surface area contributed by atoms with Crippen LogP contribution < -0.4 is 21.2 Å². The van der Waals surface area contributed by atoms with E-state index in [1.807, 2.05) is 12.1 Å². The number of halogens is 2. The van der Waals surface area contributed by atoms with Crippen molar-refractivity contribution in [3.05, 3.63) is 69.9 Å². The van der Waals surface area contributed by atoms with Crippen LogP contribution in [0.1, 0.15) is 104 Å². The Hall–Kier alpha value is -5.97. The van der Waals surface area contributed by atoms with E-state index in [1.165, 1.54) is 19.8 Å². The first-order valence-corrected chi connectivity index (χ1v) is 21.8. The number of hydrogen-bond donors (Lipinski definition) is 2. The molecule has 5 aliphatic rings. The first kappa shape index (κ1) is 41.1. The molecule has 19 heteroatoms. The average molecular weight is 867 g/mol. The number of carbonyl (C=O) groups excluding carboxylic acids is 3. The topological polar surface area (TPSA) is 183 Å². The van der Waals surface area contributed by atoms with Crippen LogP contribution in [0.15, 0.2) is 45.9 Å². The lowest BCUT2D eigenvalue weighted by atomic mass is 9.81. The van der Waals surface area contributed by atoms with Gasteiger partial charge in [-0.3, -0.25) is 34.2 Å². The fraction of sp³-hybridized carbons (Fsp3) is 0.523. The zero-order valence-electron chi connectivity index (χ0n) is 34.8. The molecule has 1 aliphatic carbocycles. The summed E-state index contributed by atoms with van der Waals surface area (Å²) >= 11 is 0. The summed E-state index contributed by atoms with van der Waals surface area (Å²) in [4.78, 5) is 64.6. The molecule has 17 nitrogen and oxygen atoms in total. The normalized spacial score (nSPS) is 24.4. The van der Waals surface area contributed by atoms with E-state index >= 15 is 0 Å². The number of aromatic nitrogens is 6. The van der Waals surface area contributed by atoms with Crippen LogP contribution in [0.3, 0.4) is 0 Å². The number of fused-ring (bicyclic) bond motifs is 4. The minimum absolute atomic E-state index is 0.0749. The molecule has 2 N–H and O–H groups in total. The number of piperidine rings is 2. The molecule has 4 aliphatic heterocycles. The van der Waals surface area contributed by atoms with Gasteiger partial charge in [-0.15, -0.1) is 0 Å². The molecule has 0 spiro atoms. The highest BCUT2D eigenvalue weighted by molar-refractivity contribution is 6.08. The number of nitrogens with zero attached hydrogens (tertiary/aromatic N) is 8. The maximum absolute atomic E-state index is 14.2. The number of oxazole rings is 1. The van der Waals surface area contributed by atoms with Gasteiger partial charge in [-0.25, -0.2) is 28.1 Å². The molecule has 1 unspecified atom stereocenters. The largest absolute Gasteiger partial charge is 0.424 e. The van der Waals surface area contributed by atoms with Gasteiger partial charge >= 0.3 is 5.69 Å². The van der Waals surface area contributed by atoms with E-state index in [1.54, 1.807) is 25.4 Å². The fourth-order valence-corrected chi connectivity index (χ4v) is 10.1. The van der Waals surface area contributed by atoms with Gasteiger partial charge in [0, 0.05) is 51.8 Å². The van der Waals surface area contributed by atoms with E-state index in [0.717, 1.165) is 71.1 Å². The second kappa shape index (κ2) is 17.0. The van der Waals surface area contributed by atoms with Gasteiger partial charge in [-0.05, 0) is 75.5 Å². The van der Waals surface area contributed by atoms with Crippen LogP contribution in [0, 0.1) is 17.8 Å². The SMILES string of the molecule is Cn1c(=O)n(C2CCC(=O)NC2=O)c2cccc(C#CCOC3CCN(CC4CCC(c5nc(C(F)F)c(NC(=O)c6cnn7ccc(N8C[C@H]9C[C@@H]8CO9)nc67)o5)CC4)CC3)c21. The number of benzene rings is 1. The van der Waals surface area contributed by atoms with E-state index < -0.39 is 30.0 Å². The third kappa shape index (κ3) is 8.00. The maximum atomic E-state index is 14.2. The van der Waals surface area contributed by atoms with Crippen LogP contribution in [0.2, 0.25) is 0 Å². The number of amides is 3. The molecule has 5 aromatic rings. The first-order valence-electron chi connectivity index (χ1n) is 21.8. The van der Waals surface area contributed by atoms with Gasteiger partial charge in [0.25, 0.3) is 12.3 Å². The molecule has 8 heterocycles. The summed E-state index contributed by atoms with van der Waals surface area (Å²) in [5.41, 5.74) is 1.40. The maximum Gasteiger partial charge on any atom is 0.329 e. The molecule has 4 saturated heterocycles. The summed E-state index contributed by atoms with van der Waals surface area (Å²) < 4.78 is 50.7. The molecule has 3 atom stereocenters. The number of imidazole rings is 1. The smallest absolute Gasteiger partial charge is 0.329 e. The lowest BCUT2D eigenvalue weighted by Gasteiger charge is -2.36. The zero-order valence-corrected chi connectivity index (χ0v) is 34.8. The molecular formula is C44H48F2N10O7. The molecule has 5 fully saturated rings. The van der Waals surface area contributed by atoms with E-state index in [2.05, 4.69) is 42.4 Å². The third-order valence-corrected chi connectivity index (χ3v) is 13.4. The van der Waals surface area contributed by atoms with Crippen LogP contribution in [0.4, 0.5) is 20.5 Å². The van der Waals surface area contributed by atoms with Crippen LogP contribution in [0.5, 0.6) is 0 Å². The lowest BCUT2D eigenvalue weighted by molar-refractivity contribution is -0.135. The van der Waals surface area contributed by atoms with E-state index in [9.17, 15) is 28.0 Å². The number of hydrogen-bond acceptors (Lipinski definition) is 12. The predicted molar refractivity (Wildman–Crippen MR) is 223 cm³/mol. The van der Waals surface area contributed by atoms with Gasteiger partial charge in [0.15, 0.2) is 17.2 Å². The second-order valence-electron chi connectivity index (χ2n) is 17.3. The summed E-state index contributed by atoms with van der Waals surface area (Å²) in [7, 11) is 1.65. The van der Waals surface area contributed by atoms with Gasteiger partial charge in [-0.1, -0.05) is 17.9 Å². The van der Waals surface area contributed by atoms with Crippen molar-refractivity contribution in [3.63, 3.8) is 0 Å². The van der Waals surface area contributed by atoms with Crippen LogP contribution in [0.25, 0.3) is 16.7 Å². The van der Waals surface area contributed by atoms with E-state index in [4.69, 9.17) is 18.9 Å². The predicted octanol–water partition coefficient (Wildman–Crippen LogP) is 4.32. The van der Waals surface area contributed by atoms with Crippen molar-refractivity contribution >= 4 is 46.1 Å². The van der Waals surface area contributed by atoms with Crippen molar-refractivity contribution in [1.29, 1.82) is 0 Å². The number of morpholine rings is 1. The molecule has 10 rings (SSSR count). The number of rotatable bonds is 10. The number of alkyl halides is 2. The van der Waals surface area contributed by atoms with Gasteiger partial charge in [-0.2, -0.15) is 5.10 Å². The standard InChI is InChI=1S/C44H48F2N10O7/c1-52-37-26(4-2-6-32(37)56(44(52)60)33-11-12-35(57)49-41(33)59)5-3-19-61-29-13-16-53(17-14-29)22-25-7-9-27(10-8-25)42-50-36(38(45)46)43(63-42)51-40(58)31-21-47-55-18-15-34(48-39(31)55)54-23-30-20-28(54)24-62-30/h2,4,6,15,18,21,25,27-30,33,38H,7-14,16-17,19-20,22-24H2,1H3,(H,51,58)(H,49,57,59)/t25?,27?,28-,30-,33?/m1/s1. The number of nitrogens with one attached hydrogen (secondary N) is 2. The van der Waals surface area contributed by atoms with Gasteiger partial charge in [0.05, 0.1) is 47.7 Å². The molecule has 0 radical (unpaired) electrons. The number of carbonyl (C=O) groups is 3. The van der Waals surface area contributed by atoms with Crippen molar-refractivity contribution in [1.82, 2.24) is 38.9 Å². The second-order valence-corrected chi connectivity index (χ2v) is 17.3. The lowest BCUT2D eigenvalue weighted by Crippen LogP contribution is -2.44. The van der Waals surface area contributed by atoms with Crippen molar-refractivity contribution < 1.29 is 37.1 Å². The quantitative estimate of drug-likeness (QED) is 0.150. The minimum atomic E-state index is -2.94. The van der Waals surface area contributed by atoms with Crippen LogP contribution in [-0.4, -0.2) is 109 Å². The summed E-state index contributed by atoms with van der Waals surface area (Å²) in [5, 5.41) is 9.14. The van der Waals surface area contributed by atoms with E-state index in [0.29, 0.717) is 40.6 Å². The van der Waals surface area contributed by atoms with Crippen molar-refractivity contribution in [2.45, 2.75) is 94.4 Å². The first-order chi connectivity index (χ1) is 30.6. The highest BCUT2D eigenvalue weighted by Gasteiger charge is 2.40. The molecule has 330 valence electrons.